The van der Waals surface area contributed by atoms with E-state index in [1.54, 1.807) is 4.57 Å². The molecule has 0 bridgehead atoms. The van der Waals surface area contributed by atoms with Crippen LogP contribution in [0.15, 0.2) is 48.5 Å². The summed E-state index contributed by atoms with van der Waals surface area (Å²) in [5, 5.41) is 2.14. The summed E-state index contributed by atoms with van der Waals surface area (Å²) in [5.41, 5.74) is 1.77. The van der Waals surface area contributed by atoms with Crippen molar-refractivity contribution in [2.75, 3.05) is 13.1 Å². The molecule has 1 unspecified atom stereocenters. The molecule has 0 amide bonds. The van der Waals surface area contributed by atoms with E-state index in [0.29, 0.717) is 0 Å². The van der Waals surface area contributed by atoms with E-state index in [-0.39, 0.29) is 24.7 Å². The molecule has 1 heterocycles. The average molecular weight is 361 g/mol. The van der Waals surface area contributed by atoms with E-state index in [4.69, 9.17) is 4.74 Å². The van der Waals surface area contributed by atoms with E-state index in [9.17, 15) is 4.79 Å². The molecule has 2 aromatic carbocycles. The van der Waals surface area contributed by atoms with E-state index < -0.39 is 0 Å². The van der Waals surface area contributed by atoms with Crippen LogP contribution in [0.5, 0.6) is 0 Å². The Kier molecular flexibility index (Phi) is 6.45. The third kappa shape index (κ3) is 3.51. The van der Waals surface area contributed by atoms with Gasteiger partial charge in [0.25, 0.3) is 0 Å². The average Bonchev–Trinajstić information content (AvgIpc) is 2.96. The van der Waals surface area contributed by atoms with Gasteiger partial charge in [0.15, 0.2) is 6.23 Å². The van der Waals surface area contributed by atoms with Crippen molar-refractivity contribution in [3.8, 4) is 0 Å². The molecule has 4 nitrogen and oxygen atoms in total. The first kappa shape index (κ1) is 19.3. The molecule has 3 aromatic rings. The van der Waals surface area contributed by atoms with Crippen molar-refractivity contribution in [1.29, 1.82) is 0 Å². The number of halogens is 1. The number of aromatic nitrogens is 1. The molecule has 0 aliphatic carbocycles. The first-order chi connectivity index (χ1) is 11.7. The van der Waals surface area contributed by atoms with Gasteiger partial charge in [0, 0.05) is 10.8 Å². The van der Waals surface area contributed by atoms with Gasteiger partial charge in [-0.3, -0.25) is 4.90 Å². The zero-order chi connectivity index (χ0) is 17.1. The quantitative estimate of drug-likeness (QED) is 0.580. The monoisotopic (exact) mass is 360 g/mol. The fourth-order valence-corrected chi connectivity index (χ4v) is 3.34. The van der Waals surface area contributed by atoms with Gasteiger partial charge in [0.2, 0.25) is 0 Å². The highest BCUT2D eigenvalue weighted by atomic mass is 35.5. The Morgan fingerprint density at radius 2 is 1.44 bits per heavy atom. The summed E-state index contributed by atoms with van der Waals surface area (Å²) in [7, 11) is 0. The number of benzene rings is 2. The van der Waals surface area contributed by atoms with Gasteiger partial charge in [0.05, 0.1) is 11.0 Å². The number of para-hydroxylation sites is 2. The second-order valence-electron chi connectivity index (χ2n) is 5.84. The maximum Gasteiger partial charge on any atom is 0.420 e. The number of hydrogen-bond acceptors (Lipinski definition) is 3. The largest absolute Gasteiger partial charge is 0.430 e. The summed E-state index contributed by atoms with van der Waals surface area (Å²) < 4.78 is 7.55. The minimum atomic E-state index is -0.314. The smallest absolute Gasteiger partial charge is 0.420 e. The normalized spacial score (nSPS) is 12.3. The van der Waals surface area contributed by atoms with Gasteiger partial charge in [-0.1, -0.05) is 57.2 Å². The Morgan fingerprint density at radius 3 is 1.88 bits per heavy atom. The van der Waals surface area contributed by atoms with Gasteiger partial charge in [-0.05, 0) is 31.6 Å². The topological polar surface area (TPSA) is 34.5 Å². The number of carbonyl (C=O) groups is 1. The molecule has 0 radical (unpaired) electrons. The van der Waals surface area contributed by atoms with Crippen LogP contribution in [0.1, 0.15) is 27.2 Å². The van der Waals surface area contributed by atoms with Gasteiger partial charge in [-0.25, -0.2) is 9.36 Å². The minimum Gasteiger partial charge on any atom is -0.430 e. The van der Waals surface area contributed by atoms with Crippen LogP contribution in [0, 0.1) is 0 Å². The maximum atomic E-state index is 13.0. The maximum absolute atomic E-state index is 13.0. The van der Waals surface area contributed by atoms with Crippen LogP contribution in [0.4, 0.5) is 4.79 Å². The lowest BCUT2D eigenvalue weighted by Gasteiger charge is -2.28. The first-order valence-corrected chi connectivity index (χ1v) is 8.64. The summed E-state index contributed by atoms with van der Waals surface area (Å²) in [4.78, 5) is 15.1. The van der Waals surface area contributed by atoms with Crippen LogP contribution in [0.25, 0.3) is 21.8 Å². The van der Waals surface area contributed by atoms with Crippen molar-refractivity contribution >= 4 is 40.3 Å². The number of rotatable bonds is 5. The molecule has 5 heteroatoms. The third-order valence-electron chi connectivity index (χ3n) is 4.57. The van der Waals surface area contributed by atoms with Crippen LogP contribution in [-0.2, 0) is 4.74 Å². The molecular formula is C20H25ClN2O2. The standard InChI is InChI=1S/C20H24N2O2.ClH/c1-4-19(21(5-2)6-3)24-20(23)22-17-13-9-7-11-15(17)16-12-8-10-14-18(16)22;/h7-14,19H,4-6H2,1-3H3;1H. The Labute approximate surface area is 154 Å². The lowest BCUT2D eigenvalue weighted by atomic mass is 10.2. The number of nitrogens with zero attached hydrogens (tertiary/aromatic N) is 2. The molecule has 0 N–H and O–H groups in total. The van der Waals surface area contributed by atoms with Crippen molar-refractivity contribution in [3.63, 3.8) is 0 Å². The molecule has 0 aliphatic rings. The van der Waals surface area contributed by atoms with Crippen molar-refractivity contribution < 1.29 is 9.53 Å². The summed E-state index contributed by atoms with van der Waals surface area (Å²) in [6, 6.07) is 15.9. The molecule has 25 heavy (non-hydrogen) atoms. The minimum absolute atomic E-state index is 0. The van der Waals surface area contributed by atoms with Crippen molar-refractivity contribution in [1.82, 2.24) is 9.47 Å². The summed E-state index contributed by atoms with van der Waals surface area (Å²) in [5.74, 6) is 0. The molecule has 0 saturated carbocycles. The zero-order valence-corrected chi connectivity index (χ0v) is 15.8. The summed E-state index contributed by atoms with van der Waals surface area (Å²) >= 11 is 0. The highest BCUT2D eigenvalue weighted by Gasteiger charge is 2.22. The summed E-state index contributed by atoms with van der Waals surface area (Å²) in [6.07, 6.45) is 0.253. The van der Waals surface area contributed by atoms with Gasteiger partial charge in [0.1, 0.15) is 0 Å². The third-order valence-corrected chi connectivity index (χ3v) is 4.57. The Balaban J connectivity index is 0.00000225. The Morgan fingerprint density at radius 1 is 0.960 bits per heavy atom. The van der Waals surface area contributed by atoms with Crippen LogP contribution < -0.4 is 0 Å². The number of fused-ring (bicyclic) bond motifs is 3. The predicted octanol–water partition coefficient (Wildman–Crippen LogP) is 5.28. The van der Waals surface area contributed by atoms with E-state index in [0.717, 1.165) is 41.3 Å². The lowest BCUT2D eigenvalue weighted by Crippen LogP contribution is -2.39. The Bertz CT molecular complexity index is 802. The lowest BCUT2D eigenvalue weighted by molar-refractivity contribution is -0.00894. The van der Waals surface area contributed by atoms with E-state index >= 15 is 0 Å². The number of ether oxygens (including phenoxy) is 1. The fourth-order valence-electron chi connectivity index (χ4n) is 3.34. The SMILES string of the molecule is CCC(OC(=O)n1c2ccccc2c2ccccc21)N(CC)CC.Cl. The number of hydrogen-bond donors (Lipinski definition) is 0. The van der Waals surface area contributed by atoms with E-state index in [2.05, 4.69) is 18.7 Å². The Hall–Kier alpha value is -2.04. The van der Waals surface area contributed by atoms with Gasteiger partial charge < -0.3 is 4.74 Å². The van der Waals surface area contributed by atoms with Crippen LogP contribution in [-0.4, -0.2) is 34.9 Å². The second kappa shape index (κ2) is 8.37. The fraction of sp³-hybridized carbons (Fsp3) is 0.350. The van der Waals surface area contributed by atoms with Crippen molar-refractivity contribution in [2.24, 2.45) is 0 Å². The molecule has 134 valence electrons. The summed E-state index contributed by atoms with van der Waals surface area (Å²) in [6.45, 7) is 7.92. The highest BCUT2D eigenvalue weighted by Crippen LogP contribution is 2.29. The van der Waals surface area contributed by atoms with Crippen LogP contribution in [0.2, 0.25) is 0 Å². The molecule has 0 fully saturated rings. The molecule has 0 saturated heterocycles. The van der Waals surface area contributed by atoms with Crippen LogP contribution >= 0.6 is 12.4 Å². The van der Waals surface area contributed by atoms with E-state index in [1.807, 2.05) is 55.5 Å². The molecule has 1 atom stereocenters. The van der Waals surface area contributed by atoms with Gasteiger partial charge >= 0.3 is 6.09 Å². The molecule has 0 aliphatic heterocycles. The van der Waals surface area contributed by atoms with Gasteiger partial charge in [-0.15, -0.1) is 12.4 Å². The molecule has 1 aromatic heterocycles. The van der Waals surface area contributed by atoms with Crippen molar-refractivity contribution in [2.45, 2.75) is 33.4 Å². The van der Waals surface area contributed by atoms with Crippen molar-refractivity contribution in [3.05, 3.63) is 48.5 Å². The molecule has 0 spiro atoms. The predicted molar refractivity (Wildman–Crippen MR) is 106 cm³/mol. The van der Waals surface area contributed by atoms with Crippen LogP contribution in [0.3, 0.4) is 0 Å². The highest BCUT2D eigenvalue weighted by molar-refractivity contribution is 6.12. The van der Waals surface area contributed by atoms with Gasteiger partial charge in [-0.2, -0.15) is 0 Å². The number of carbonyl (C=O) groups excluding carboxylic acids is 1. The molecular weight excluding hydrogens is 336 g/mol. The second-order valence-corrected chi connectivity index (χ2v) is 5.84. The zero-order valence-electron chi connectivity index (χ0n) is 14.9. The molecule has 3 rings (SSSR count). The van der Waals surface area contributed by atoms with E-state index in [1.165, 1.54) is 0 Å². The first-order valence-electron chi connectivity index (χ1n) is 8.64.